The van der Waals surface area contributed by atoms with Crippen molar-refractivity contribution < 1.29 is 14.5 Å². The number of oxime groups is 1. The Kier molecular flexibility index (Phi) is 5.29. The maximum atomic E-state index is 10.7. The number of nitrogens with zero attached hydrogens (tertiary/aromatic N) is 4. The van der Waals surface area contributed by atoms with Crippen LogP contribution in [0.1, 0.15) is 38.2 Å². The molecule has 0 unspecified atom stereocenters. The summed E-state index contributed by atoms with van der Waals surface area (Å²) in [6.07, 6.45) is 7.39. The van der Waals surface area contributed by atoms with Crippen molar-refractivity contribution in [1.29, 1.82) is 0 Å². The molecule has 0 radical (unpaired) electrons. The van der Waals surface area contributed by atoms with E-state index in [1.165, 1.54) is 24.8 Å². The summed E-state index contributed by atoms with van der Waals surface area (Å²) < 4.78 is 6.89. The molecule has 22 heavy (non-hydrogen) atoms. The highest BCUT2D eigenvalue weighted by Crippen LogP contribution is 2.27. The number of unbranched alkanes of at least 4 members (excludes halogenated alkanes) is 3. The van der Waals surface area contributed by atoms with E-state index >= 15 is 0 Å². The minimum absolute atomic E-state index is 0.272. The van der Waals surface area contributed by atoms with Gasteiger partial charge in [-0.15, -0.1) is 0 Å². The normalized spacial score (nSPS) is 11.3. The van der Waals surface area contributed by atoms with Gasteiger partial charge in [-0.3, -0.25) is 14.8 Å². The average molecular weight is 306 g/mol. The molecule has 0 fully saturated rings. The molecule has 0 amide bonds. The van der Waals surface area contributed by atoms with Crippen molar-refractivity contribution in [1.82, 2.24) is 9.78 Å². The van der Waals surface area contributed by atoms with Crippen molar-refractivity contribution in [3.05, 3.63) is 34.0 Å². The lowest BCUT2D eigenvalue weighted by Gasteiger charge is -2.00. The Bertz CT molecular complexity index is 660. The van der Waals surface area contributed by atoms with Gasteiger partial charge in [-0.2, -0.15) is 5.10 Å². The SMILES string of the molecule is CCCCCCn1cc(C=NO)c(-c2ccc([N+](=O)[O-])o2)n1. The molecule has 2 heterocycles. The smallest absolute Gasteiger partial charge is 0.411 e. The highest BCUT2D eigenvalue weighted by Gasteiger charge is 2.18. The Balaban J connectivity index is 2.21. The van der Waals surface area contributed by atoms with Crippen LogP contribution in [-0.2, 0) is 6.54 Å². The van der Waals surface area contributed by atoms with Crippen LogP contribution in [-0.4, -0.2) is 26.1 Å². The van der Waals surface area contributed by atoms with E-state index in [1.807, 2.05) is 0 Å². The van der Waals surface area contributed by atoms with Crippen molar-refractivity contribution in [2.45, 2.75) is 39.2 Å². The number of aryl methyl sites for hydroxylation is 1. The van der Waals surface area contributed by atoms with Crippen LogP contribution in [0.5, 0.6) is 0 Å². The zero-order valence-corrected chi connectivity index (χ0v) is 12.3. The van der Waals surface area contributed by atoms with Crippen LogP contribution in [0.2, 0.25) is 0 Å². The lowest BCUT2D eigenvalue weighted by atomic mass is 10.2. The van der Waals surface area contributed by atoms with Gasteiger partial charge in [-0.25, -0.2) is 0 Å². The quantitative estimate of drug-likeness (QED) is 0.264. The first-order chi connectivity index (χ1) is 10.7. The molecule has 0 bridgehead atoms. The van der Waals surface area contributed by atoms with Gasteiger partial charge in [-0.1, -0.05) is 31.3 Å². The van der Waals surface area contributed by atoms with E-state index in [2.05, 4.69) is 17.2 Å². The second kappa shape index (κ2) is 7.39. The summed E-state index contributed by atoms with van der Waals surface area (Å²) in [5.41, 5.74) is 0.962. The van der Waals surface area contributed by atoms with Gasteiger partial charge in [0.05, 0.1) is 12.3 Å². The van der Waals surface area contributed by atoms with Gasteiger partial charge >= 0.3 is 5.88 Å². The van der Waals surface area contributed by atoms with Crippen LogP contribution >= 0.6 is 0 Å². The third kappa shape index (κ3) is 3.72. The highest BCUT2D eigenvalue weighted by atomic mass is 16.6. The van der Waals surface area contributed by atoms with E-state index in [4.69, 9.17) is 9.62 Å². The predicted molar refractivity (Wildman–Crippen MR) is 80.1 cm³/mol. The highest BCUT2D eigenvalue weighted by molar-refractivity contribution is 5.87. The van der Waals surface area contributed by atoms with Crippen LogP contribution in [0.4, 0.5) is 5.88 Å². The Hall–Kier alpha value is -2.64. The van der Waals surface area contributed by atoms with Gasteiger partial charge in [0.2, 0.25) is 0 Å². The van der Waals surface area contributed by atoms with Crippen molar-refractivity contribution in [3.8, 4) is 11.5 Å². The minimum Gasteiger partial charge on any atom is -0.411 e. The second-order valence-electron chi connectivity index (χ2n) is 4.90. The lowest BCUT2D eigenvalue weighted by molar-refractivity contribution is -0.401. The Labute approximate surface area is 127 Å². The maximum absolute atomic E-state index is 10.7. The monoisotopic (exact) mass is 306 g/mol. The topological polar surface area (TPSA) is 107 Å². The molecule has 0 saturated carbocycles. The van der Waals surface area contributed by atoms with Gasteiger partial charge < -0.3 is 9.62 Å². The van der Waals surface area contributed by atoms with Crippen LogP contribution in [0.15, 0.2) is 27.9 Å². The number of aromatic nitrogens is 2. The van der Waals surface area contributed by atoms with Crippen LogP contribution in [0.3, 0.4) is 0 Å². The van der Waals surface area contributed by atoms with Gasteiger partial charge in [0.15, 0.2) is 5.76 Å². The van der Waals surface area contributed by atoms with Crippen LogP contribution in [0, 0.1) is 10.1 Å². The summed E-state index contributed by atoms with van der Waals surface area (Å²) in [5, 5.41) is 26.8. The standard InChI is InChI=1S/C14H18N4O4/c1-2-3-4-5-8-17-10-11(9-15-19)14(16-17)12-6-7-13(22-12)18(20)21/h6-7,9-10,19H,2-5,8H2,1H3. The van der Waals surface area contributed by atoms with E-state index in [0.29, 0.717) is 11.3 Å². The number of hydrogen-bond donors (Lipinski definition) is 1. The minimum atomic E-state index is -0.606. The first kappa shape index (κ1) is 15.7. The molecule has 0 aromatic carbocycles. The molecule has 2 aromatic heterocycles. The molecule has 0 atom stereocenters. The van der Waals surface area contributed by atoms with E-state index in [0.717, 1.165) is 25.8 Å². The molecule has 2 rings (SSSR count). The van der Waals surface area contributed by atoms with E-state index in [9.17, 15) is 10.1 Å². The first-order valence-electron chi connectivity index (χ1n) is 7.15. The maximum Gasteiger partial charge on any atom is 0.433 e. The molecular weight excluding hydrogens is 288 g/mol. The molecule has 8 nitrogen and oxygen atoms in total. The van der Waals surface area contributed by atoms with Gasteiger partial charge in [-0.05, 0) is 12.5 Å². The zero-order chi connectivity index (χ0) is 15.9. The van der Waals surface area contributed by atoms with Crippen molar-refractivity contribution in [2.24, 2.45) is 5.16 Å². The van der Waals surface area contributed by atoms with Gasteiger partial charge in [0.1, 0.15) is 10.6 Å². The molecule has 0 aliphatic heterocycles. The van der Waals surface area contributed by atoms with E-state index in [1.54, 1.807) is 10.9 Å². The molecule has 118 valence electrons. The Morgan fingerprint density at radius 1 is 1.45 bits per heavy atom. The number of hydrogen-bond acceptors (Lipinski definition) is 6. The van der Waals surface area contributed by atoms with E-state index < -0.39 is 4.92 Å². The molecule has 2 aromatic rings. The summed E-state index contributed by atoms with van der Waals surface area (Å²) >= 11 is 0. The van der Waals surface area contributed by atoms with Gasteiger partial charge in [0.25, 0.3) is 0 Å². The summed E-state index contributed by atoms with van der Waals surface area (Å²) in [6, 6.07) is 2.76. The van der Waals surface area contributed by atoms with Crippen molar-refractivity contribution >= 4 is 12.1 Å². The number of furan rings is 1. The average Bonchev–Trinajstić information content (AvgIpc) is 3.11. The van der Waals surface area contributed by atoms with Crippen LogP contribution in [0.25, 0.3) is 11.5 Å². The number of rotatable bonds is 8. The molecule has 0 saturated heterocycles. The summed E-state index contributed by atoms with van der Waals surface area (Å²) in [5.74, 6) is -0.0757. The zero-order valence-electron chi connectivity index (χ0n) is 12.3. The first-order valence-corrected chi connectivity index (χ1v) is 7.15. The summed E-state index contributed by atoms with van der Waals surface area (Å²) in [4.78, 5) is 10.1. The molecule has 0 aliphatic rings. The number of nitro groups is 1. The predicted octanol–water partition coefficient (Wildman–Crippen LogP) is 3.44. The summed E-state index contributed by atoms with van der Waals surface area (Å²) in [6.45, 7) is 2.88. The summed E-state index contributed by atoms with van der Waals surface area (Å²) in [7, 11) is 0. The van der Waals surface area contributed by atoms with Crippen LogP contribution < -0.4 is 0 Å². The Morgan fingerprint density at radius 3 is 2.91 bits per heavy atom. The molecular formula is C14H18N4O4. The molecule has 8 heteroatoms. The third-order valence-corrected chi connectivity index (χ3v) is 3.23. The largest absolute Gasteiger partial charge is 0.433 e. The van der Waals surface area contributed by atoms with Crippen molar-refractivity contribution in [2.75, 3.05) is 0 Å². The molecule has 1 N–H and O–H groups in total. The fourth-order valence-corrected chi connectivity index (χ4v) is 2.15. The fourth-order valence-electron chi connectivity index (χ4n) is 2.15. The Morgan fingerprint density at radius 2 is 2.27 bits per heavy atom. The van der Waals surface area contributed by atoms with E-state index in [-0.39, 0.29) is 11.6 Å². The molecule has 0 spiro atoms. The molecule has 0 aliphatic carbocycles. The van der Waals surface area contributed by atoms with Crippen molar-refractivity contribution in [3.63, 3.8) is 0 Å². The second-order valence-corrected chi connectivity index (χ2v) is 4.90. The van der Waals surface area contributed by atoms with Gasteiger partial charge in [0, 0.05) is 18.3 Å². The lowest BCUT2D eigenvalue weighted by Crippen LogP contribution is -1.98. The fraction of sp³-hybridized carbons (Fsp3) is 0.429. The third-order valence-electron chi connectivity index (χ3n) is 3.23.